The number of hydrogen-bond acceptors (Lipinski definition) is 3. The second-order valence-electron chi connectivity index (χ2n) is 4.71. The van der Waals surface area contributed by atoms with E-state index in [-0.39, 0.29) is 0 Å². The summed E-state index contributed by atoms with van der Waals surface area (Å²) in [5.74, 6) is 0. The first kappa shape index (κ1) is 11.6. The monoisotopic (exact) mass is 222 g/mol. The molecule has 1 aromatic rings. The Kier molecular flexibility index (Phi) is 3.96. The highest BCUT2D eigenvalue weighted by Crippen LogP contribution is 2.18. The van der Waals surface area contributed by atoms with Gasteiger partial charge in [0, 0.05) is 31.9 Å². The molecule has 1 atom stereocenters. The fourth-order valence-electron chi connectivity index (χ4n) is 2.36. The van der Waals surface area contributed by atoms with Crippen LogP contribution in [0.15, 0.2) is 12.5 Å². The van der Waals surface area contributed by atoms with Crippen LogP contribution >= 0.6 is 0 Å². The number of nitrogens with two attached hydrogens (primary N) is 1. The van der Waals surface area contributed by atoms with Crippen molar-refractivity contribution in [2.75, 3.05) is 13.1 Å². The van der Waals surface area contributed by atoms with Crippen molar-refractivity contribution < 1.29 is 0 Å². The average Bonchev–Trinajstić information content (AvgIpc) is 2.70. The van der Waals surface area contributed by atoms with E-state index in [0.29, 0.717) is 12.6 Å². The molecule has 0 amide bonds. The minimum atomic E-state index is 0.677. The van der Waals surface area contributed by atoms with Gasteiger partial charge < -0.3 is 10.3 Å². The fraction of sp³-hybridized carbons (Fsp3) is 0.750. The molecule has 1 fully saturated rings. The Hall–Kier alpha value is -0.870. The van der Waals surface area contributed by atoms with Gasteiger partial charge in [-0.2, -0.15) is 0 Å². The summed E-state index contributed by atoms with van der Waals surface area (Å²) >= 11 is 0. The molecule has 0 spiro atoms. The lowest BCUT2D eigenvalue weighted by Gasteiger charge is -2.32. The largest absolute Gasteiger partial charge is 0.336 e. The van der Waals surface area contributed by atoms with Crippen LogP contribution in [-0.2, 0) is 13.1 Å². The molecule has 1 saturated heterocycles. The van der Waals surface area contributed by atoms with E-state index in [1.54, 1.807) is 0 Å². The summed E-state index contributed by atoms with van der Waals surface area (Å²) in [5, 5.41) is 0. The maximum absolute atomic E-state index is 5.52. The van der Waals surface area contributed by atoms with Crippen LogP contribution in [0.25, 0.3) is 0 Å². The van der Waals surface area contributed by atoms with Gasteiger partial charge in [-0.25, -0.2) is 4.98 Å². The van der Waals surface area contributed by atoms with Gasteiger partial charge in [-0.15, -0.1) is 0 Å². The van der Waals surface area contributed by atoms with E-state index in [2.05, 4.69) is 27.6 Å². The lowest BCUT2D eigenvalue weighted by atomic mass is 10.0. The molecule has 1 aromatic heterocycles. The van der Waals surface area contributed by atoms with Crippen LogP contribution in [0.5, 0.6) is 0 Å². The molecule has 2 rings (SSSR count). The third kappa shape index (κ3) is 2.83. The molecule has 0 aliphatic carbocycles. The third-order valence-corrected chi connectivity index (χ3v) is 3.38. The highest BCUT2D eigenvalue weighted by molar-refractivity contribution is 4.97. The molecule has 0 radical (unpaired) electrons. The van der Waals surface area contributed by atoms with E-state index in [1.165, 1.54) is 31.5 Å². The van der Waals surface area contributed by atoms with Crippen LogP contribution in [-0.4, -0.2) is 33.6 Å². The van der Waals surface area contributed by atoms with Gasteiger partial charge in [-0.05, 0) is 26.3 Å². The van der Waals surface area contributed by atoms with Crippen LogP contribution in [0.4, 0.5) is 0 Å². The van der Waals surface area contributed by atoms with E-state index < -0.39 is 0 Å². The molecule has 0 bridgehead atoms. The normalized spacial score (nSPS) is 22.5. The maximum atomic E-state index is 5.52. The average molecular weight is 222 g/mol. The van der Waals surface area contributed by atoms with E-state index in [9.17, 15) is 0 Å². The zero-order valence-corrected chi connectivity index (χ0v) is 10.1. The summed E-state index contributed by atoms with van der Waals surface area (Å²) < 4.78 is 2.07. The molecular weight excluding hydrogens is 200 g/mol. The van der Waals surface area contributed by atoms with Gasteiger partial charge in [0.1, 0.15) is 0 Å². The Bertz CT molecular complexity index is 321. The predicted molar refractivity (Wildman–Crippen MR) is 65.0 cm³/mol. The van der Waals surface area contributed by atoms with Gasteiger partial charge in [0.05, 0.1) is 12.0 Å². The zero-order chi connectivity index (χ0) is 11.4. The number of imidazole rings is 1. The highest BCUT2D eigenvalue weighted by Gasteiger charge is 2.18. The molecular formula is C12H22N4. The topological polar surface area (TPSA) is 47.1 Å². The Morgan fingerprint density at radius 1 is 1.50 bits per heavy atom. The van der Waals surface area contributed by atoms with Crippen LogP contribution in [0.3, 0.4) is 0 Å². The molecule has 2 heterocycles. The number of likely N-dealkylation sites (tertiary alicyclic amines) is 1. The first-order chi connectivity index (χ1) is 7.79. The van der Waals surface area contributed by atoms with Gasteiger partial charge >= 0.3 is 0 Å². The minimum absolute atomic E-state index is 0.677. The minimum Gasteiger partial charge on any atom is -0.336 e. The summed E-state index contributed by atoms with van der Waals surface area (Å²) in [5.41, 5.74) is 6.69. The van der Waals surface area contributed by atoms with E-state index >= 15 is 0 Å². The van der Waals surface area contributed by atoms with Crippen molar-refractivity contribution in [3.63, 3.8) is 0 Å². The van der Waals surface area contributed by atoms with Crippen molar-refractivity contribution in [1.29, 1.82) is 0 Å². The first-order valence-electron chi connectivity index (χ1n) is 6.24. The lowest BCUT2D eigenvalue weighted by Crippen LogP contribution is -2.36. The van der Waals surface area contributed by atoms with E-state index in [1.807, 2.05) is 6.33 Å². The molecule has 1 aliphatic rings. The van der Waals surface area contributed by atoms with Crippen LogP contribution < -0.4 is 5.73 Å². The van der Waals surface area contributed by atoms with E-state index in [4.69, 9.17) is 5.73 Å². The number of nitrogens with zero attached hydrogens (tertiary/aromatic N) is 3. The van der Waals surface area contributed by atoms with Crippen molar-refractivity contribution in [3.05, 3.63) is 18.2 Å². The quantitative estimate of drug-likeness (QED) is 0.833. The van der Waals surface area contributed by atoms with Crippen molar-refractivity contribution in [3.8, 4) is 0 Å². The second kappa shape index (κ2) is 5.46. The number of piperidine rings is 1. The summed E-state index contributed by atoms with van der Waals surface area (Å²) in [6.45, 7) is 6.05. The zero-order valence-electron chi connectivity index (χ0n) is 10.1. The SMILES string of the molecule is CC1CCCCN1Cc1cn(CCN)cn1. The molecule has 0 aromatic carbocycles. The van der Waals surface area contributed by atoms with Crippen molar-refractivity contribution >= 4 is 0 Å². The second-order valence-corrected chi connectivity index (χ2v) is 4.71. The summed E-state index contributed by atoms with van der Waals surface area (Å²) in [7, 11) is 0. The Labute approximate surface area is 97.4 Å². The standard InChI is InChI=1S/C12H22N4/c1-11-4-2-3-6-16(11)9-12-8-15(7-5-13)10-14-12/h8,10-11H,2-7,9,13H2,1H3. The summed E-state index contributed by atoms with van der Waals surface area (Å²) in [4.78, 5) is 6.96. The number of rotatable bonds is 4. The highest BCUT2D eigenvalue weighted by atomic mass is 15.2. The molecule has 16 heavy (non-hydrogen) atoms. The third-order valence-electron chi connectivity index (χ3n) is 3.38. The first-order valence-corrected chi connectivity index (χ1v) is 6.24. The van der Waals surface area contributed by atoms with Gasteiger partial charge in [-0.1, -0.05) is 6.42 Å². The van der Waals surface area contributed by atoms with Crippen LogP contribution in [0.1, 0.15) is 31.9 Å². The van der Waals surface area contributed by atoms with Crippen molar-refractivity contribution in [1.82, 2.24) is 14.5 Å². The Morgan fingerprint density at radius 3 is 3.12 bits per heavy atom. The molecule has 4 heteroatoms. The molecule has 90 valence electrons. The van der Waals surface area contributed by atoms with Gasteiger partial charge in [0.15, 0.2) is 0 Å². The van der Waals surface area contributed by atoms with Gasteiger partial charge in [-0.3, -0.25) is 4.90 Å². The van der Waals surface area contributed by atoms with Crippen LogP contribution in [0.2, 0.25) is 0 Å². The number of aromatic nitrogens is 2. The van der Waals surface area contributed by atoms with Gasteiger partial charge in [0.25, 0.3) is 0 Å². The van der Waals surface area contributed by atoms with Crippen molar-refractivity contribution in [2.45, 2.75) is 45.3 Å². The number of hydrogen-bond donors (Lipinski definition) is 1. The Morgan fingerprint density at radius 2 is 2.38 bits per heavy atom. The molecule has 4 nitrogen and oxygen atoms in total. The molecule has 1 aliphatic heterocycles. The van der Waals surface area contributed by atoms with Crippen LogP contribution in [0, 0.1) is 0 Å². The lowest BCUT2D eigenvalue weighted by molar-refractivity contribution is 0.151. The fourth-order valence-corrected chi connectivity index (χ4v) is 2.36. The summed E-state index contributed by atoms with van der Waals surface area (Å²) in [6.07, 6.45) is 8.03. The van der Waals surface area contributed by atoms with Gasteiger partial charge in [0.2, 0.25) is 0 Å². The van der Waals surface area contributed by atoms with Crippen molar-refractivity contribution in [2.24, 2.45) is 5.73 Å². The van der Waals surface area contributed by atoms with E-state index in [0.717, 1.165) is 13.1 Å². The summed E-state index contributed by atoms with van der Waals surface area (Å²) in [6, 6.07) is 0.702. The molecule has 1 unspecified atom stereocenters. The Balaban J connectivity index is 1.91. The molecule has 0 saturated carbocycles. The maximum Gasteiger partial charge on any atom is 0.0950 e. The molecule has 2 N–H and O–H groups in total. The predicted octanol–water partition coefficient (Wildman–Crippen LogP) is 1.22. The smallest absolute Gasteiger partial charge is 0.0950 e.